The van der Waals surface area contributed by atoms with Crippen molar-refractivity contribution in [2.45, 2.75) is 12.8 Å². The minimum atomic E-state index is 0.274. The van der Waals surface area contributed by atoms with E-state index in [9.17, 15) is 0 Å². The maximum Gasteiger partial charge on any atom is 0.0349 e. The molecule has 0 spiro atoms. The number of benzene rings is 7. The van der Waals surface area contributed by atoms with E-state index in [1.807, 2.05) is 11.3 Å². The van der Waals surface area contributed by atoms with Crippen molar-refractivity contribution >= 4 is 56.2 Å². The Labute approximate surface area is 322 Å². The Kier molecular flexibility index (Phi) is 9.55. The van der Waals surface area contributed by atoms with Crippen molar-refractivity contribution in [3.8, 4) is 20.9 Å². The minimum absolute atomic E-state index is 0.274. The molecule has 1 heterocycles. The number of hydrogen-bond acceptors (Lipinski definition) is 1. The van der Waals surface area contributed by atoms with Gasteiger partial charge in [0.15, 0.2) is 0 Å². The second-order valence-corrected chi connectivity index (χ2v) is 15.0. The highest BCUT2D eigenvalue weighted by Gasteiger charge is 2.19. The summed E-state index contributed by atoms with van der Waals surface area (Å²) in [6.45, 7) is 0. The molecule has 0 saturated heterocycles. The van der Waals surface area contributed by atoms with Crippen LogP contribution in [0.3, 0.4) is 0 Å². The molecule has 1 unspecified atom stereocenters. The number of fused-ring (bicyclic) bond motifs is 2. The second-order valence-electron chi connectivity index (χ2n) is 13.9. The largest absolute Gasteiger partial charge is 0.135 e. The van der Waals surface area contributed by atoms with Crippen molar-refractivity contribution in [2.24, 2.45) is 5.92 Å². The number of rotatable bonds is 8. The van der Waals surface area contributed by atoms with Gasteiger partial charge in [0, 0.05) is 15.7 Å². The Balaban J connectivity index is 1.35. The Morgan fingerprint density at radius 3 is 1.63 bits per heavy atom. The smallest absolute Gasteiger partial charge is 0.0349 e. The molecule has 0 amide bonds. The first-order valence-electron chi connectivity index (χ1n) is 18.9. The molecule has 1 aromatic heterocycles. The van der Waals surface area contributed by atoms with Gasteiger partial charge in [-0.25, -0.2) is 0 Å². The van der Waals surface area contributed by atoms with E-state index in [1.165, 1.54) is 81.4 Å². The fourth-order valence-corrected chi connectivity index (χ4v) is 8.84. The molecular formula is C53H40S. The molecule has 1 heteroatoms. The van der Waals surface area contributed by atoms with E-state index in [1.54, 1.807) is 0 Å². The maximum absolute atomic E-state index is 2.50. The second kappa shape index (κ2) is 15.4. The summed E-state index contributed by atoms with van der Waals surface area (Å²) in [5.41, 5.74) is 11.2. The number of allylic oxidation sites excluding steroid dienone is 5. The lowest BCUT2D eigenvalue weighted by Gasteiger charge is -2.20. The van der Waals surface area contributed by atoms with Gasteiger partial charge >= 0.3 is 0 Å². The zero-order valence-corrected chi connectivity index (χ0v) is 30.9. The van der Waals surface area contributed by atoms with Gasteiger partial charge in [-0.05, 0) is 115 Å². The van der Waals surface area contributed by atoms with Crippen LogP contribution >= 0.6 is 11.3 Å². The van der Waals surface area contributed by atoms with E-state index in [4.69, 9.17) is 0 Å². The molecule has 0 saturated carbocycles. The van der Waals surface area contributed by atoms with Crippen molar-refractivity contribution in [2.75, 3.05) is 0 Å². The third-order valence-electron chi connectivity index (χ3n) is 10.5. The van der Waals surface area contributed by atoms with Crippen LogP contribution in [0.15, 0.2) is 200 Å². The zero-order chi connectivity index (χ0) is 36.1. The van der Waals surface area contributed by atoms with Crippen molar-refractivity contribution < 1.29 is 0 Å². The Morgan fingerprint density at radius 1 is 0.444 bits per heavy atom. The summed E-state index contributed by atoms with van der Waals surface area (Å²) >= 11 is 1.86. The Morgan fingerprint density at radius 2 is 0.981 bits per heavy atom. The molecule has 7 aromatic carbocycles. The predicted molar refractivity (Wildman–Crippen MR) is 235 cm³/mol. The third-order valence-corrected chi connectivity index (χ3v) is 11.7. The van der Waals surface area contributed by atoms with Gasteiger partial charge < -0.3 is 0 Å². The molecule has 258 valence electrons. The third kappa shape index (κ3) is 6.83. The molecule has 0 aliphatic heterocycles. The molecule has 8 aromatic rings. The summed E-state index contributed by atoms with van der Waals surface area (Å²) < 4.78 is 0. The fraction of sp³-hybridized carbons (Fsp3) is 0.0566. The van der Waals surface area contributed by atoms with Gasteiger partial charge in [-0.15, -0.1) is 11.3 Å². The van der Waals surface area contributed by atoms with E-state index in [0.717, 1.165) is 12.8 Å². The van der Waals surface area contributed by atoms with Crippen LogP contribution in [-0.2, 0) is 0 Å². The summed E-state index contributed by atoms with van der Waals surface area (Å²) in [7, 11) is 0. The van der Waals surface area contributed by atoms with E-state index in [0.29, 0.717) is 0 Å². The first kappa shape index (κ1) is 33.5. The molecule has 9 rings (SSSR count). The van der Waals surface area contributed by atoms with Crippen LogP contribution in [0.25, 0.3) is 65.7 Å². The molecule has 1 aliphatic rings. The zero-order valence-electron chi connectivity index (χ0n) is 30.1. The van der Waals surface area contributed by atoms with Gasteiger partial charge in [-0.3, -0.25) is 0 Å². The summed E-state index contributed by atoms with van der Waals surface area (Å²) in [5, 5.41) is 5.01. The molecule has 0 radical (unpaired) electrons. The van der Waals surface area contributed by atoms with Crippen LogP contribution in [0.5, 0.6) is 0 Å². The predicted octanol–water partition coefficient (Wildman–Crippen LogP) is 15.0. The average Bonchev–Trinajstić information content (AvgIpc) is 3.59. The minimum Gasteiger partial charge on any atom is -0.135 e. The van der Waals surface area contributed by atoms with Crippen molar-refractivity contribution in [1.29, 1.82) is 0 Å². The van der Waals surface area contributed by atoms with Gasteiger partial charge in [-0.1, -0.05) is 182 Å². The molecular weight excluding hydrogens is 669 g/mol. The normalized spacial score (nSPS) is 14.3. The quantitative estimate of drug-likeness (QED) is 0.0837. The summed E-state index contributed by atoms with van der Waals surface area (Å²) in [6, 6.07) is 64.0. The highest BCUT2D eigenvalue weighted by molar-refractivity contribution is 7.18. The average molecular weight is 709 g/mol. The van der Waals surface area contributed by atoms with Crippen LogP contribution in [0.4, 0.5) is 0 Å². The lowest BCUT2D eigenvalue weighted by Crippen LogP contribution is -2.00. The summed E-state index contributed by atoms with van der Waals surface area (Å²) in [6.07, 6.45) is 16.3. The number of hydrogen-bond donors (Lipinski definition) is 0. The standard InChI is InChI=1S/C53H40S/c1-2-8-20-38(19-7-1)48(41-25-13-5-14-26-41)37-51-45-30-18-17-29-44(45)50(36-47(39-21-9-3-10-22-39)40-23-11-4-12-24-40)46-32-31-43(35-49(46)51)53-34-33-52(54-53)42-27-15-6-16-28-42/h1,3-18,20-38H,2,19H2/b48-37+. The molecule has 0 nitrogen and oxygen atoms in total. The van der Waals surface area contributed by atoms with Gasteiger partial charge in [0.05, 0.1) is 0 Å². The SMILES string of the molecule is C1=CCC(/C(=C\c2c3ccccc3c(C=C(c3ccccc3)c3ccccc3)c3ccc(-c4ccc(-c5ccccc5)s4)cc23)c2ccccc2)C=CC1. The highest BCUT2D eigenvalue weighted by Crippen LogP contribution is 2.43. The monoisotopic (exact) mass is 708 g/mol. The van der Waals surface area contributed by atoms with E-state index >= 15 is 0 Å². The summed E-state index contributed by atoms with van der Waals surface area (Å²) in [4.78, 5) is 2.55. The topological polar surface area (TPSA) is 0 Å². The van der Waals surface area contributed by atoms with Crippen LogP contribution in [0.1, 0.15) is 40.7 Å². The van der Waals surface area contributed by atoms with Crippen molar-refractivity contribution in [3.63, 3.8) is 0 Å². The van der Waals surface area contributed by atoms with E-state index in [2.05, 4.69) is 212 Å². The molecule has 0 bridgehead atoms. The van der Waals surface area contributed by atoms with Crippen LogP contribution < -0.4 is 0 Å². The molecule has 0 fully saturated rings. The van der Waals surface area contributed by atoms with Crippen molar-refractivity contribution in [3.05, 3.63) is 228 Å². The van der Waals surface area contributed by atoms with E-state index < -0.39 is 0 Å². The van der Waals surface area contributed by atoms with Gasteiger partial charge in [0.1, 0.15) is 0 Å². The Bertz CT molecular complexity index is 2630. The van der Waals surface area contributed by atoms with Crippen molar-refractivity contribution in [1.82, 2.24) is 0 Å². The van der Waals surface area contributed by atoms with E-state index in [-0.39, 0.29) is 5.92 Å². The van der Waals surface area contributed by atoms with Gasteiger partial charge in [0.2, 0.25) is 0 Å². The molecule has 54 heavy (non-hydrogen) atoms. The maximum atomic E-state index is 2.50. The first-order chi connectivity index (χ1) is 26.8. The molecule has 1 atom stereocenters. The van der Waals surface area contributed by atoms with Gasteiger partial charge in [-0.2, -0.15) is 0 Å². The van der Waals surface area contributed by atoms with Crippen LogP contribution in [-0.4, -0.2) is 0 Å². The number of thiophene rings is 1. The highest BCUT2D eigenvalue weighted by atomic mass is 32.1. The Hall–Kier alpha value is -6.28. The van der Waals surface area contributed by atoms with Crippen LogP contribution in [0, 0.1) is 5.92 Å². The summed E-state index contributed by atoms with van der Waals surface area (Å²) in [5.74, 6) is 0.274. The molecule has 0 N–H and O–H groups in total. The first-order valence-corrected chi connectivity index (χ1v) is 19.7. The molecule has 1 aliphatic carbocycles. The lowest BCUT2D eigenvalue weighted by atomic mass is 9.84. The lowest BCUT2D eigenvalue weighted by molar-refractivity contribution is 0.861. The fourth-order valence-electron chi connectivity index (χ4n) is 7.83. The van der Waals surface area contributed by atoms with Gasteiger partial charge in [0.25, 0.3) is 0 Å². The van der Waals surface area contributed by atoms with Crippen LogP contribution in [0.2, 0.25) is 0 Å².